The van der Waals surface area contributed by atoms with Crippen LogP contribution in [0.2, 0.25) is 0 Å². The van der Waals surface area contributed by atoms with Gasteiger partial charge in [-0.25, -0.2) is 0 Å². The molecule has 1 nitrogen and oxygen atoms in total. The Labute approximate surface area is 114 Å². The predicted molar refractivity (Wildman–Crippen MR) is 80.0 cm³/mol. The molecule has 18 heavy (non-hydrogen) atoms. The summed E-state index contributed by atoms with van der Waals surface area (Å²) in [6, 6.07) is 0.818. The zero-order valence-electron chi connectivity index (χ0n) is 12.7. The van der Waals surface area contributed by atoms with Gasteiger partial charge in [0.25, 0.3) is 0 Å². The van der Waals surface area contributed by atoms with Crippen LogP contribution >= 0.6 is 0 Å². The van der Waals surface area contributed by atoms with Gasteiger partial charge in [-0.1, -0.05) is 64.7 Å². The van der Waals surface area contributed by atoms with Gasteiger partial charge in [-0.3, -0.25) is 4.90 Å². The standard InChI is InChI=1S/C17H33N/c1-3-16(2)18-15-17(18)13-11-9-7-5-4-6-8-10-12-14-17/h16H,3-15H2,1-2H3. The van der Waals surface area contributed by atoms with E-state index in [4.69, 9.17) is 0 Å². The monoisotopic (exact) mass is 251 g/mol. The molecular formula is C17H33N. The Kier molecular flexibility index (Phi) is 5.54. The van der Waals surface area contributed by atoms with Crippen molar-refractivity contribution in [2.75, 3.05) is 6.54 Å². The molecule has 2 unspecified atom stereocenters. The Morgan fingerprint density at radius 2 is 1.28 bits per heavy atom. The van der Waals surface area contributed by atoms with E-state index in [1.54, 1.807) is 0 Å². The van der Waals surface area contributed by atoms with Gasteiger partial charge in [-0.2, -0.15) is 0 Å². The lowest BCUT2D eigenvalue weighted by molar-refractivity contribution is 0.284. The maximum Gasteiger partial charge on any atom is 0.0340 e. The van der Waals surface area contributed by atoms with Crippen LogP contribution in [0.5, 0.6) is 0 Å². The van der Waals surface area contributed by atoms with Gasteiger partial charge >= 0.3 is 0 Å². The fraction of sp³-hybridized carbons (Fsp3) is 1.00. The second-order valence-electron chi connectivity index (χ2n) is 6.79. The van der Waals surface area contributed by atoms with Gasteiger partial charge in [-0.05, 0) is 26.2 Å². The second kappa shape index (κ2) is 6.93. The molecule has 1 aliphatic carbocycles. The van der Waals surface area contributed by atoms with Gasteiger partial charge in [0, 0.05) is 18.1 Å². The number of hydrogen-bond donors (Lipinski definition) is 0. The topological polar surface area (TPSA) is 3.01 Å². The Morgan fingerprint density at radius 3 is 1.72 bits per heavy atom. The molecule has 1 saturated heterocycles. The summed E-state index contributed by atoms with van der Waals surface area (Å²) in [5.74, 6) is 0. The molecular weight excluding hydrogens is 218 g/mol. The van der Waals surface area contributed by atoms with Gasteiger partial charge in [0.05, 0.1) is 0 Å². The van der Waals surface area contributed by atoms with Crippen LogP contribution in [0.25, 0.3) is 0 Å². The molecule has 2 fully saturated rings. The molecule has 1 spiro atoms. The van der Waals surface area contributed by atoms with Crippen molar-refractivity contribution in [2.45, 2.75) is 102 Å². The van der Waals surface area contributed by atoms with Crippen LogP contribution in [-0.2, 0) is 0 Å². The lowest BCUT2D eigenvalue weighted by Gasteiger charge is -2.22. The fourth-order valence-electron chi connectivity index (χ4n) is 3.84. The molecule has 2 rings (SSSR count). The molecule has 0 aromatic carbocycles. The largest absolute Gasteiger partial charge is 0.292 e. The Bertz CT molecular complexity index is 224. The van der Waals surface area contributed by atoms with E-state index in [1.165, 1.54) is 83.6 Å². The van der Waals surface area contributed by atoms with E-state index in [2.05, 4.69) is 18.7 Å². The first-order valence-corrected chi connectivity index (χ1v) is 8.55. The van der Waals surface area contributed by atoms with Crippen molar-refractivity contribution in [3.05, 3.63) is 0 Å². The number of rotatable bonds is 2. The van der Waals surface area contributed by atoms with Gasteiger partial charge in [0.15, 0.2) is 0 Å². The van der Waals surface area contributed by atoms with Crippen LogP contribution in [0.3, 0.4) is 0 Å². The van der Waals surface area contributed by atoms with E-state index in [9.17, 15) is 0 Å². The summed E-state index contributed by atoms with van der Waals surface area (Å²) < 4.78 is 0. The summed E-state index contributed by atoms with van der Waals surface area (Å²) in [5, 5.41) is 0. The molecule has 0 bridgehead atoms. The quantitative estimate of drug-likeness (QED) is 0.614. The zero-order chi connectivity index (χ0) is 12.8. The van der Waals surface area contributed by atoms with E-state index in [1.807, 2.05) is 0 Å². The molecule has 0 N–H and O–H groups in total. The highest BCUT2D eigenvalue weighted by Crippen LogP contribution is 2.44. The molecule has 1 heteroatoms. The molecule has 1 heterocycles. The minimum absolute atomic E-state index is 0.647. The Balaban J connectivity index is 1.83. The highest BCUT2D eigenvalue weighted by molar-refractivity contribution is 5.08. The summed E-state index contributed by atoms with van der Waals surface area (Å²) in [6.45, 7) is 6.17. The van der Waals surface area contributed by atoms with Crippen molar-refractivity contribution in [3.63, 3.8) is 0 Å². The van der Waals surface area contributed by atoms with Crippen molar-refractivity contribution < 1.29 is 0 Å². The molecule has 0 amide bonds. The van der Waals surface area contributed by atoms with Crippen LogP contribution in [-0.4, -0.2) is 23.0 Å². The molecule has 2 aliphatic rings. The van der Waals surface area contributed by atoms with Crippen LogP contribution in [0.15, 0.2) is 0 Å². The maximum atomic E-state index is 2.80. The van der Waals surface area contributed by atoms with E-state index in [0.29, 0.717) is 5.54 Å². The third kappa shape index (κ3) is 3.73. The molecule has 2 atom stereocenters. The fourth-order valence-corrected chi connectivity index (χ4v) is 3.84. The third-order valence-electron chi connectivity index (χ3n) is 5.38. The molecule has 0 aromatic heterocycles. The third-order valence-corrected chi connectivity index (χ3v) is 5.38. The molecule has 0 aromatic rings. The van der Waals surface area contributed by atoms with Crippen LogP contribution < -0.4 is 0 Å². The average Bonchev–Trinajstić information content (AvgIpc) is 3.08. The minimum atomic E-state index is 0.647. The first-order chi connectivity index (χ1) is 8.78. The number of hydrogen-bond acceptors (Lipinski definition) is 1. The van der Waals surface area contributed by atoms with Gasteiger partial charge < -0.3 is 0 Å². The van der Waals surface area contributed by atoms with E-state index in [-0.39, 0.29) is 0 Å². The highest BCUT2D eigenvalue weighted by Gasteiger charge is 2.51. The van der Waals surface area contributed by atoms with Crippen molar-refractivity contribution in [2.24, 2.45) is 0 Å². The van der Waals surface area contributed by atoms with Gasteiger partial charge in [0.1, 0.15) is 0 Å². The van der Waals surface area contributed by atoms with Crippen molar-refractivity contribution >= 4 is 0 Å². The van der Waals surface area contributed by atoms with E-state index >= 15 is 0 Å². The molecule has 1 aliphatic heterocycles. The summed E-state index contributed by atoms with van der Waals surface area (Å²) >= 11 is 0. The lowest BCUT2D eigenvalue weighted by atomic mass is 9.92. The molecule has 1 saturated carbocycles. The van der Waals surface area contributed by atoms with Crippen LogP contribution in [0.4, 0.5) is 0 Å². The van der Waals surface area contributed by atoms with Crippen LogP contribution in [0, 0.1) is 0 Å². The summed E-state index contributed by atoms with van der Waals surface area (Å²) in [7, 11) is 0. The Morgan fingerprint density at radius 1 is 0.833 bits per heavy atom. The summed E-state index contributed by atoms with van der Waals surface area (Å²) in [4.78, 5) is 2.80. The normalized spacial score (nSPS) is 31.3. The van der Waals surface area contributed by atoms with E-state index < -0.39 is 0 Å². The van der Waals surface area contributed by atoms with Crippen molar-refractivity contribution in [3.8, 4) is 0 Å². The van der Waals surface area contributed by atoms with Crippen LogP contribution in [0.1, 0.15) is 90.9 Å². The summed E-state index contributed by atoms with van der Waals surface area (Å²) in [5.41, 5.74) is 0.647. The molecule has 0 radical (unpaired) electrons. The second-order valence-corrected chi connectivity index (χ2v) is 6.79. The highest BCUT2D eigenvalue weighted by atomic mass is 15.4. The summed E-state index contributed by atoms with van der Waals surface area (Å²) in [6.07, 6.45) is 17.6. The minimum Gasteiger partial charge on any atom is -0.292 e. The predicted octanol–water partition coefficient (Wildman–Crippen LogP) is 5.14. The van der Waals surface area contributed by atoms with Crippen molar-refractivity contribution in [1.29, 1.82) is 0 Å². The van der Waals surface area contributed by atoms with E-state index in [0.717, 1.165) is 6.04 Å². The number of nitrogens with zero attached hydrogens (tertiary/aromatic N) is 1. The maximum absolute atomic E-state index is 2.80. The molecule has 106 valence electrons. The lowest BCUT2D eigenvalue weighted by Crippen LogP contribution is -2.25. The first-order valence-electron chi connectivity index (χ1n) is 8.55. The Hall–Kier alpha value is -0.0400. The smallest absolute Gasteiger partial charge is 0.0340 e. The SMILES string of the molecule is CCC(C)N1CC12CCCCCCCCCCC2. The average molecular weight is 251 g/mol. The van der Waals surface area contributed by atoms with Crippen molar-refractivity contribution in [1.82, 2.24) is 4.90 Å². The van der Waals surface area contributed by atoms with Gasteiger partial charge in [0.2, 0.25) is 0 Å². The first kappa shape index (κ1) is 14.4. The zero-order valence-corrected chi connectivity index (χ0v) is 12.7. The van der Waals surface area contributed by atoms with Gasteiger partial charge in [-0.15, -0.1) is 0 Å².